The third kappa shape index (κ3) is 2.32. The van der Waals surface area contributed by atoms with Gasteiger partial charge in [-0.05, 0) is 37.5 Å². The molecule has 7 heteroatoms. The minimum atomic E-state index is -0.229. The number of nitrogens with zero attached hydrogens (tertiary/aromatic N) is 3. The van der Waals surface area contributed by atoms with E-state index in [9.17, 15) is 9.59 Å². The average molecular weight is 350 g/mol. The summed E-state index contributed by atoms with van der Waals surface area (Å²) in [5.74, 6) is 0.724. The quantitative estimate of drug-likeness (QED) is 0.786. The number of amides is 3. The normalized spacial score (nSPS) is 26.5. The fourth-order valence-corrected chi connectivity index (χ4v) is 4.23. The Morgan fingerprint density at radius 3 is 2.79 bits per heavy atom. The lowest BCUT2D eigenvalue weighted by molar-refractivity contribution is -0.129. The Bertz CT molecular complexity index is 674. The van der Waals surface area contributed by atoms with E-state index in [1.165, 1.54) is 4.90 Å². The number of rotatable bonds is 3. The highest BCUT2D eigenvalue weighted by Crippen LogP contribution is 2.36. The molecule has 128 valence electrons. The van der Waals surface area contributed by atoms with Crippen molar-refractivity contribution in [2.75, 3.05) is 31.6 Å². The van der Waals surface area contributed by atoms with Crippen molar-refractivity contribution in [1.82, 2.24) is 9.80 Å². The molecule has 0 spiro atoms. The zero-order valence-electron chi connectivity index (χ0n) is 13.6. The van der Waals surface area contributed by atoms with E-state index in [-0.39, 0.29) is 24.0 Å². The summed E-state index contributed by atoms with van der Waals surface area (Å²) in [4.78, 5) is 30.5. The molecule has 2 atom stereocenters. The highest BCUT2D eigenvalue weighted by Gasteiger charge is 2.50. The molecule has 3 fully saturated rings. The van der Waals surface area contributed by atoms with Gasteiger partial charge in [-0.25, -0.2) is 4.79 Å². The molecule has 0 unspecified atom stereocenters. The fraction of sp³-hybridized carbons (Fsp3) is 0.529. The van der Waals surface area contributed by atoms with Crippen LogP contribution >= 0.6 is 11.6 Å². The van der Waals surface area contributed by atoms with Gasteiger partial charge in [-0.1, -0.05) is 11.6 Å². The van der Waals surface area contributed by atoms with Crippen LogP contribution in [0.5, 0.6) is 5.75 Å². The predicted molar refractivity (Wildman–Crippen MR) is 90.6 cm³/mol. The van der Waals surface area contributed by atoms with Crippen LogP contribution in [0.2, 0.25) is 5.02 Å². The van der Waals surface area contributed by atoms with Crippen LogP contribution in [0, 0.1) is 0 Å². The highest BCUT2D eigenvalue weighted by molar-refractivity contribution is 6.31. The van der Waals surface area contributed by atoms with Crippen molar-refractivity contribution >= 4 is 29.2 Å². The molecule has 3 amide bonds. The highest BCUT2D eigenvalue weighted by atomic mass is 35.5. The van der Waals surface area contributed by atoms with E-state index in [0.717, 1.165) is 37.2 Å². The van der Waals surface area contributed by atoms with Crippen molar-refractivity contribution in [2.24, 2.45) is 0 Å². The number of hydrogen-bond acceptors (Lipinski definition) is 4. The van der Waals surface area contributed by atoms with Crippen molar-refractivity contribution in [3.63, 3.8) is 0 Å². The maximum Gasteiger partial charge on any atom is 0.327 e. The van der Waals surface area contributed by atoms with E-state index < -0.39 is 0 Å². The Labute approximate surface area is 145 Å². The molecule has 3 aliphatic heterocycles. The number of halogens is 1. The second kappa shape index (κ2) is 5.84. The Balaban J connectivity index is 1.54. The summed E-state index contributed by atoms with van der Waals surface area (Å²) in [6.45, 7) is 2.09. The van der Waals surface area contributed by atoms with Gasteiger partial charge in [0.05, 0.1) is 18.8 Å². The third-order valence-electron chi connectivity index (χ3n) is 5.24. The van der Waals surface area contributed by atoms with Crippen LogP contribution in [-0.2, 0) is 4.79 Å². The zero-order valence-corrected chi connectivity index (χ0v) is 14.3. The van der Waals surface area contributed by atoms with E-state index in [0.29, 0.717) is 18.1 Å². The summed E-state index contributed by atoms with van der Waals surface area (Å²) >= 11 is 6.12. The maximum atomic E-state index is 12.6. The molecule has 6 nitrogen and oxygen atoms in total. The van der Waals surface area contributed by atoms with Gasteiger partial charge in [0.1, 0.15) is 11.8 Å². The SMILES string of the molecule is COc1ccc(Cl)cc1N1CC[C@@H](N2C(=O)[C@@H]3CCCN3C2=O)C1. The number of anilines is 1. The molecule has 24 heavy (non-hydrogen) atoms. The molecular weight excluding hydrogens is 330 g/mol. The monoisotopic (exact) mass is 349 g/mol. The number of imide groups is 1. The first-order valence-electron chi connectivity index (χ1n) is 8.32. The number of ether oxygens (including phenoxy) is 1. The number of hydrogen-bond donors (Lipinski definition) is 0. The van der Waals surface area contributed by atoms with Crippen LogP contribution < -0.4 is 9.64 Å². The summed E-state index contributed by atoms with van der Waals surface area (Å²) in [6, 6.07) is 5.07. The first-order valence-corrected chi connectivity index (χ1v) is 8.70. The average Bonchev–Trinajstić information content (AvgIpc) is 3.27. The fourth-order valence-electron chi connectivity index (χ4n) is 4.06. The minimum Gasteiger partial charge on any atom is -0.495 e. The van der Waals surface area contributed by atoms with Crippen LogP contribution in [0.15, 0.2) is 18.2 Å². The van der Waals surface area contributed by atoms with Crippen molar-refractivity contribution in [1.29, 1.82) is 0 Å². The topological polar surface area (TPSA) is 53.1 Å². The summed E-state index contributed by atoms with van der Waals surface area (Å²) in [6.07, 6.45) is 2.49. The predicted octanol–water partition coefficient (Wildman–Crippen LogP) is 2.35. The lowest BCUT2D eigenvalue weighted by Crippen LogP contribution is -2.43. The zero-order chi connectivity index (χ0) is 16.8. The van der Waals surface area contributed by atoms with Gasteiger partial charge in [0.15, 0.2) is 0 Å². The van der Waals surface area contributed by atoms with E-state index >= 15 is 0 Å². The van der Waals surface area contributed by atoms with Gasteiger partial charge in [0, 0.05) is 24.7 Å². The number of methoxy groups -OCH3 is 1. The van der Waals surface area contributed by atoms with Crippen molar-refractivity contribution < 1.29 is 14.3 Å². The molecule has 3 aliphatic rings. The molecule has 3 saturated heterocycles. The van der Waals surface area contributed by atoms with Gasteiger partial charge < -0.3 is 14.5 Å². The summed E-state index contributed by atoms with van der Waals surface area (Å²) in [7, 11) is 1.63. The van der Waals surface area contributed by atoms with Gasteiger partial charge in [-0.15, -0.1) is 0 Å². The molecule has 1 aromatic carbocycles. The second-order valence-electron chi connectivity index (χ2n) is 6.55. The molecule has 0 radical (unpaired) electrons. The molecule has 0 aromatic heterocycles. The molecule has 3 heterocycles. The number of carbonyl (C=O) groups is 2. The Morgan fingerprint density at radius 1 is 1.21 bits per heavy atom. The number of fused-ring (bicyclic) bond motifs is 1. The van der Waals surface area contributed by atoms with Crippen molar-refractivity contribution in [3.05, 3.63) is 23.2 Å². The summed E-state index contributed by atoms with van der Waals surface area (Å²) in [5.41, 5.74) is 0.909. The molecule has 0 aliphatic carbocycles. The smallest absolute Gasteiger partial charge is 0.327 e. The minimum absolute atomic E-state index is 0.0255. The van der Waals surface area contributed by atoms with E-state index in [2.05, 4.69) is 4.90 Å². The van der Waals surface area contributed by atoms with Crippen LogP contribution in [0.3, 0.4) is 0 Å². The largest absolute Gasteiger partial charge is 0.495 e. The number of carbonyl (C=O) groups excluding carboxylic acids is 2. The van der Waals surface area contributed by atoms with Crippen molar-refractivity contribution in [2.45, 2.75) is 31.3 Å². The van der Waals surface area contributed by atoms with E-state index in [1.54, 1.807) is 18.1 Å². The Kier molecular flexibility index (Phi) is 3.79. The van der Waals surface area contributed by atoms with Gasteiger partial charge >= 0.3 is 6.03 Å². The number of benzene rings is 1. The molecule has 0 N–H and O–H groups in total. The lowest BCUT2D eigenvalue weighted by Gasteiger charge is -2.25. The first kappa shape index (κ1) is 15.6. The second-order valence-corrected chi connectivity index (χ2v) is 6.98. The van der Waals surface area contributed by atoms with Crippen LogP contribution in [0.4, 0.5) is 10.5 Å². The Morgan fingerprint density at radius 2 is 2.04 bits per heavy atom. The molecule has 4 rings (SSSR count). The van der Waals surface area contributed by atoms with Gasteiger partial charge in [-0.2, -0.15) is 0 Å². The van der Waals surface area contributed by atoms with Gasteiger partial charge in [0.25, 0.3) is 5.91 Å². The number of urea groups is 1. The first-order chi connectivity index (χ1) is 11.6. The standard InChI is InChI=1S/C17H20ClN3O3/c1-24-15-5-4-11(18)9-14(15)19-8-6-12(10-19)21-16(22)13-3-2-7-20(13)17(21)23/h4-5,9,12-13H,2-3,6-8,10H2,1H3/t12-,13+/m1/s1. The van der Waals surface area contributed by atoms with Gasteiger partial charge in [0.2, 0.25) is 0 Å². The third-order valence-corrected chi connectivity index (χ3v) is 5.47. The van der Waals surface area contributed by atoms with Crippen LogP contribution in [-0.4, -0.2) is 60.6 Å². The summed E-state index contributed by atoms with van der Waals surface area (Å²) < 4.78 is 5.42. The van der Waals surface area contributed by atoms with Gasteiger partial charge in [-0.3, -0.25) is 9.69 Å². The van der Waals surface area contributed by atoms with Crippen LogP contribution in [0.25, 0.3) is 0 Å². The molecule has 1 aromatic rings. The van der Waals surface area contributed by atoms with Crippen LogP contribution in [0.1, 0.15) is 19.3 Å². The molecule has 0 bridgehead atoms. The molecular formula is C17H20ClN3O3. The summed E-state index contributed by atoms with van der Waals surface area (Å²) in [5, 5.41) is 0.642. The lowest BCUT2D eigenvalue weighted by atomic mass is 10.2. The molecule has 0 saturated carbocycles. The van der Waals surface area contributed by atoms with E-state index in [1.807, 2.05) is 12.1 Å². The maximum absolute atomic E-state index is 12.6. The Hall–Kier alpha value is -1.95. The van der Waals surface area contributed by atoms with Crippen molar-refractivity contribution in [3.8, 4) is 5.75 Å². The van der Waals surface area contributed by atoms with E-state index in [4.69, 9.17) is 16.3 Å².